The molecule has 0 amide bonds. The molecular weight excluding hydrogens is 286 g/mol. The van der Waals surface area contributed by atoms with E-state index in [9.17, 15) is 0 Å². The fraction of sp³-hybridized carbons (Fsp3) is 0.333. The highest BCUT2D eigenvalue weighted by molar-refractivity contribution is 5.94. The number of aromatic nitrogens is 3. The van der Waals surface area contributed by atoms with Crippen LogP contribution in [0.15, 0.2) is 36.7 Å². The fourth-order valence-corrected chi connectivity index (χ4v) is 3.26. The van der Waals surface area contributed by atoms with Gasteiger partial charge < -0.3 is 9.80 Å². The van der Waals surface area contributed by atoms with Gasteiger partial charge in [-0.05, 0) is 37.7 Å². The van der Waals surface area contributed by atoms with Gasteiger partial charge in [0.2, 0.25) is 0 Å². The SMILES string of the molecule is Cc1[nH]ncc1-c1ccc2nccc(N3CCN(C)CC3)c2c1. The summed E-state index contributed by atoms with van der Waals surface area (Å²) in [5, 5.41) is 8.38. The molecule has 0 saturated carbocycles. The normalized spacial score (nSPS) is 16.2. The molecule has 1 aromatic carbocycles. The van der Waals surface area contributed by atoms with Gasteiger partial charge in [-0.3, -0.25) is 10.1 Å². The van der Waals surface area contributed by atoms with Crippen LogP contribution in [0.4, 0.5) is 5.69 Å². The fourth-order valence-electron chi connectivity index (χ4n) is 3.26. The smallest absolute Gasteiger partial charge is 0.0723 e. The van der Waals surface area contributed by atoms with E-state index in [2.05, 4.69) is 63.2 Å². The Morgan fingerprint density at radius 3 is 2.65 bits per heavy atom. The summed E-state index contributed by atoms with van der Waals surface area (Å²) < 4.78 is 0. The first-order valence-corrected chi connectivity index (χ1v) is 8.05. The molecule has 1 N–H and O–H groups in total. The first-order chi connectivity index (χ1) is 11.2. The molecule has 2 aromatic heterocycles. The second kappa shape index (κ2) is 5.66. The van der Waals surface area contributed by atoms with E-state index in [0.29, 0.717) is 0 Å². The molecular formula is C18H21N5. The number of aromatic amines is 1. The summed E-state index contributed by atoms with van der Waals surface area (Å²) in [4.78, 5) is 9.38. The van der Waals surface area contributed by atoms with Crippen LogP contribution in [0.25, 0.3) is 22.0 Å². The summed E-state index contributed by atoms with van der Waals surface area (Å²) >= 11 is 0. The third kappa shape index (κ3) is 2.57. The van der Waals surface area contributed by atoms with Crippen molar-refractivity contribution in [3.8, 4) is 11.1 Å². The van der Waals surface area contributed by atoms with Gasteiger partial charge in [-0.15, -0.1) is 0 Å². The molecule has 0 unspecified atom stereocenters. The van der Waals surface area contributed by atoms with E-state index in [4.69, 9.17) is 0 Å². The highest BCUT2D eigenvalue weighted by Gasteiger charge is 2.17. The molecule has 23 heavy (non-hydrogen) atoms. The van der Waals surface area contributed by atoms with E-state index >= 15 is 0 Å². The quantitative estimate of drug-likeness (QED) is 0.791. The third-order valence-corrected chi connectivity index (χ3v) is 4.70. The number of anilines is 1. The predicted molar refractivity (Wildman–Crippen MR) is 93.8 cm³/mol. The number of H-pyrrole nitrogens is 1. The van der Waals surface area contributed by atoms with Crippen molar-refractivity contribution in [3.05, 3.63) is 42.4 Å². The monoisotopic (exact) mass is 307 g/mol. The minimum atomic E-state index is 1.05. The van der Waals surface area contributed by atoms with Gasteiger partial charge in [0.25, 0.3) is 0 Å². The minimum absolute atomic E-state index is 1.05. The van der Waals surface area contributed by atoms with E-state index in [-0.39, 0.29) is 0 Å². The summed E-state index contributed by atoms with van der Waals surface area (Å²) in [5.41, 5.74) is 5.76. The first kappa shape index (κ1) is 14.2. The van der Waals surface area contributed by atoms with Gasteiger partial charge in [-0.2, -0.15) is 5.10 Å². The maximum Gasteiger partial charge on any atom is 0.0723 e. The Hall–Kier alpha value is -2.40. The van der Waals surface area contributed by atoms with Crippen molar-refractivity contribution in [2.75, 3.05) is 38.1 Å². The highest BCUT2D eigenvalue weighted by Crippen LogP contribution is 2.31. The number of nitrogens with one attached hydrogen (secondary N) is 1. The van der Waals surface area contributed by atoms with Crippen molar-refractivity contribution in [3.63, 3.8) is 0 Å². The lowest BCUT2D eigenvalue weighted by Crippen LogP contribution is -2.44. The summed E-state index contributed by atoms with van der Waals surface area (Å²) in [6, 6.07) is 8.62. The number of piperazine rings is 1. The van der Waals surface area contributed by atoms with Crippen molar-refractivity contribution in [1.82, 2.24) is 20.1 Å². The lowest BCUT2D eigenvalue weighted by Gasteiger charge is -2.34. The number of aryl methyl sites for hydroxylation is 1. The number of hydrogen-bond acceptors (Lipinski definition) is 4. The molecule has 4 rings (SSSR count). The molecule has 1 aliphatic rings. The Morgan fingerprint density at radius 2 is 1.91 bits per heavy atom. The van der Waals surface area contributed by atoms with Gasteiger partial charge in [0.1, 0.15) is 0 Å². The molecule has 5 heteroatoms. The summed E-state index contributed by atoms with van der Waals surface area (Å²) in [5.74, 6) is 0. The number of hydrogen-bond donors (Lipinski definition) is 1. The minimum Gasteiger partial charge on any atom is -0.368 e. The van der Waals surface area contributed by atoms with Crippen LogP contribution in [0.2, 0.25) is 0 Å². The number of nitrogens with zero attached hydrogens (tertiary/aromatic N) is 4. The average Bonchev–Trinajstić information content (AvgIpc) is 3.01. The second-order valence-corrected chi connectivity index (χ2v) is 6.26. The van der Waals surface area contributed by atoms with Crippen LogP contribution in [0.5, 0.6) is 0 Å². The maximum absolute atomic E-state index is 4.54. The number of fused-ring (bicyclic) bond motifs is 1. The van der Waals surface area contributed by atoms with Crippen molar-refractivity contribution in [2.24, 2.45) is 0 Å². The van der Waals surface area contributed by atoms with Gasteiger partial charge in [-0.1, -0.05) is 6.07 Å². The maximum atomic E-state index is 4.54. The Kier molecular flexibility index (Phi) is 3.50. The Bertz CT molecular complexity index is 830. The lowest BCUT2D eigenvalue weighted by molar-refractivity contribution is 0.313. The summed E-state index contributed by atoms with van der Waals surface area (Å²) in [6.07, 6.45) is 3.81. The zero-order valence-electron chi connectivity index (χ0n) is 13.6. The number of pyridine rings is 1. The Labute approximate surface area is 135 Å². The van der Waals surface area contributed by atoms with Crippen LogP contribution in [0, 0.1) is 6.92 Å². The average molecular weight is 307 g/mol. The third-order valence-electron chi connectivity index (χ3n) is 4.70. The van der Waals surface area contributed by atoms with Crippen LogP contribution in [0.1, 0.15) is 5.69 Å². The standard InChI is InChI=1S/C18H21N5/c1-13-16(12-20-21-13)14-3-4-17-15(11-14)18(5-6-19-17)23-9-7-22(2)8-10-23/h3-6,11-12H,7-10H2,1-2H3,(H,20,21). The van der Waals surface area contributed by atoms with Gasteiger partial charge >= 0.3 is 0 Å². The molecule has 0 atom stereocenters. The van der Waals surface area contributed by atoms with Crippen molar-refractivity contribution in [2.45, 2.75) is 6.92 Å². The van der Waals surface area contributed by atoms with E-state index in [1.54, 1.807) is 0 Å². The number of benzene rings is 1. The Balaban J connectivity index is 1.80. The zero-order valence-corrected chi connectivity index (χ0v) is 13.6. The molecule has 1 aliphatic heterocycles. The van der Waals surface area contributed by atoms with Gasteiger partial charge in [0.15, 0.2) is 0 Å². The highest BCUT2D eigenvalue weighted by atomic mass is 15.2. The second-order valence-electron chi connectivity index (χ2n) is 6.26. The number of likely N-dealkylation sites (N-methyl/N-ethyl adjacent to an activating group) is 1. The molecule has 3 heterocycles. The molecule has 0 aliphatic carbocycles. The van der Waals surface area contributed by atoms with Crippen molar-refractivity contribution >= 4 is 16.6 Å². The largest absolute Gasteiger partial charge is 0.368 e. The van der Waals surface area contributed by atoms with Crippen LogP contribution in [-0.4, -0.2) is 53.3 Å². The van der Waals surface area contributed by atoms with Gasteiger partial charge in [0, 0.05) is 54.7 Å². The molecule has 0 spiro atoms. The predicted octanol–water partition coefficient (Wildman–Crippen LogP) is 2.69. The van der Waals surface area contributed by atoms with Crippen LogP contribution < -0.4 is 4.90 Å². The first-order valence-electron chi connectivity index (χ1n) is 8.05. The van der Waals surface area contributed by atoms with E-state index in [1.165, 1.54) is 16.6 Å². The molecule has 0 bridgehead atoms. The zero-order chi connectivity index (χ0) is 15.8. The summed E-state index contributed by atoms with van der Waals surface area (Å²) in [7, 11) is 2.18. The molecule has 3 aromatic rings. The van der Waals surface area contributed by atoms with Crippen LogP contribution in [0.3, 0.4) is 0 Å². The van der Waals surface area contributed by atoms with Crippen LogP contribution >= 0.6 is 0 Å². The molecule has 1 saturated heterocycles. The van der Waals surface area contributed by atoms with Gasteiger partial charge in [0.05, 0.1) is 11.7 Å². The van der Waals surface area contributed by atoms with E-state index < -0.39 is 0 Å². The lowest BCUT2D eigenvalue weighted by atomic mass is 10.0. The van der Waals surface area contributed by atoms with Gasteiger partial charge in [-0.25, -0.2) is 0 Å². The van der Waals surface area contributed by atoms with Crippen molar-refractivity contribution < 1.29 is 0 Å². The summed E-state index contributed by atoms with van der Waals surface area (Å²) in [6.45, 7) is 6.38. The topological polar surface area (TPSA) is 48.1 Å². The molecule has 1 fully saturated rings. The number of rotatable bonds is 2. The van der Waals surface area contributed by atoms with Crippen molar-refractivity contribution in [1.29, 1.82) is 0 Å². The Morgan fingerprint density at radius 1 is 1.09 bits per heavy atom. The molecule has 5 nitrogen and oxygen atoms in total. The molecule has 0 radical (unpaired) electrons. The van der Waals surface area contributed by atoms with E-state index in [0.717, 1.165) is 43.0 Å². The molecule has 118 valence electrons. The van der Waals surface area contributed by atoms with Crippen LogP contribution in [-0.2, 0) is 0 Å². The van der Waals surface area contributed by atoms with E-state index in [1.807, 2.05) is 12.4 Å².